The van der Waals surface area contributed by atoms with Gasteiger partial charge in [0, 0.05) is 0 Å². The van der Waals surface area contributed by atoms with Crippen LogP contribution in [0.5, 0.6) is 0 Å². The molecule has 0 saturated heterocycles. The van der Waals surface area contributed by atoms with Crippen LogP contribution in [0.4, 0.5) is 0 Å². The molecule has 4 heteroatoms. The van der Waals surface area contributed by atoms with Gasteiger partial charge in [-0.05, 0) is 10.8 Å². The Labute approximate surface area is 280 Å². The second kappa shape index (κ2) is 16.1. The Morgan fingerprint density at radius 1 is 0.643 bits per heavy atom. The van der Waals surface area contributed by atoms with Crippen LogP contribution in [-0.4, -0.2) is 5.43 Å². The summed E-state index contributed by atoms with van der Waals surface area (Å²) in [7, 11) is 0. The molecule has 0 atom stereocenters. The quantitative estimate of drug-likeness (QED) is 0.128. The molecule has 6 rings (SSSR count). The fourth-order valence-corrected chi connectivity index (χ4v) is 8.49. The minimum absolute atomic E-state index is 0. The molecule has 216 valence electrons. The van der Waals surface area contributed by atoms with Gasteiger partial charge < -0.3 is 0 Å². The molecule has 0 fully saturated rings. The van der Waals surface area contributed by atoms with E-state index in [-0.39, 0.29) is 35.6 Å². The molecule has 0 spiro atoms. The van der Waals surface area contributed by atoms with Gasteiger partial charge >= 0.3 is 99.8 Å². The van der Waals surface area contributed by atoms with Crippen LogP contribution in [0, 0.1) is 6.08 Å². The molecule has 0 radical (unpaired) electrons. The SMILES string of the molecule is CC(C)(C)c1ccc2[cH-]c3ccc(C(C)(C)C)cc3c2c1.Cl.Cl.[C-]1=CC=CC1.[Zr+2]=[Si](c1ccccc1)c1ccccc1. The zero-order valence-electron chi connectivity index (χ0n) is 25.6. The predicted molar refractivity (Wildman–Crippen MR) is 188 cm³/mol. The first-order valence-electron chi connectivity index (χ1n) is 14.1. The molecule has 0 bridgehead atoms. The van der Waals surface area contributed by atoms with Crippen molar-refractivity contribution < 1.29 is 23.3 Å². The van der Waals surface area contributed by atoms with E-state index in [1.54, 1.807) is 23.3 Å². The molecule has 0 amide bonds. The van der Waals surface area contributed by atoms with Crippen molar-refractivity contribution in [2.45, 2.75) is 58.8 Å². The molecule has 1 aliphatic carbocycles. The van der Waals surface area contributed by atoms with E-state index in [9.17, 15) is 0 Å². The van der Waals surface area contributed by atoms with Crippen LogP contribution in [0.3, 0.4) is 0 Å². The summed E-state index contributed by atoms with van der Waals surface area (Å²) in [6.45, 7) is 13.7. The monoisotopic (exact) mass is 686 g/mol. The van der Waals surface area contributed by atoms with Crippen molar-refractivity contribution in [2.75, 3.05) is 0 Å². The van der Waals surface area contributed by atoms with Gasteiger partial charge in [0.05, 0.1) is 0 Å². The van der Waals surface area contributed by atoms with Gasteiger partial charge in [0.1, 0.15) is 0 Å². The van der Waals surface area contributed by atoms with E-state index in [0.717, 1.165) is 6.42 Å². The molecular weight excluding hydrogens is 647 g/mol. The third-order valence-corrected chi connectivity index (χ3v) is 13.2. The van der Waals surface area contributed by atoms with Crippen molar-refractivity contribution in [2.24, 2.45) is 0 Å². The van der Waals surface area contributed by atoms with Crippen molar-refractivity contribution in [1.82, 2.24) is 0 Å². The molecule has 42 heavy (non-hydrogen) atoms. The number of halogens is 2. The van der Waals surface area contributed by atoms with Gasteiger partial charge in [-0.3, -0.25) is 6.08 Å². The third kappa shape index (κ3) is 9.72. The molecule has 0 unspecified atom stereocenters. The average Bonchev–Trinajstić information content (AvgIpc) is 3.64. The second-order valence-electron chi connectivity index (χ2n) is 12.4. The van der Waals surface area contributed by atoms with E-state index >= 15 is 0 Å². The first-order valence-corrected chi connectivity index (χ1v) is 19.3. The van der Waals surface area contributed by atoms with Crippen LogP contribution in [-0.2, 0) is 34.2 Å². The summed E-state index contributed by atoms with van der Waals surface area (Å²) in [6.07, 6.45) is 10.0. The van der Waals surface area contributed by atoms with Crippen LogP contribution in [0.2, 0.25) is 0 Å². The van der Waals surface area contributed by atoms with Crippen molar-refractivity contribution in [3.63, 3.8) is 0 Å². The van der Waals surface area contributed by atoms with E-state index < -0.39 is 5.43 Å². The van der Waals surface area contributed by atoms with Crippen molar-refractivity contribution >= 4 is 62.2 Å². The van der Waals surface area contributed by atoms with Crippen LogP contribution in [0.1, 0.15) is 59.1 Å². The zero-order chi connectivity index (χ0) is 28.8. The summed E-state index contributed by atoms with van der Waals surface area (Å²) in [5, 5.41) is 8.52. The predicted octanol–water partition coefficient (Wildman–Crippen LogP) is 9.80. The summed E-state index contributed by atoms with van der Waals surface area (Å²) in [6, 6.07) is 37.8. The fraction of sp³-hybridized carbons (Fsp3) is 0.237. The number of hydrogen-bond acceptors (Lipinski definition) is 0. The second-order valence-corrected chi connectivity index (χ2v) is 18.0. The summed E-state index contributed by atoms with van der Waals surface area (Å²) in [4.78, 5) is 0. The maximum absolute atomic E-state index is 2.99. The standard InChI is InChI=1S/C21H25.C12H10Si.C5H5.2ClH.Zr/c1-20(2,3)16-9-7-14-11-15-8-10-17(21(4,5)6)13-19(15)18(14)12-16;1-3-7-11(8-4-1)13-12-9-5-2-6-10-12;1-2-4-5-3-1;;;/h7-13H,1-6H3;1-10H;1-3H,4H2;2*1H;/q-1;;-1;;;+2. The molecule has 0 N–H and O–H groups in total. The Morgan fingerprint density at radius 3 is 1.38 bits per heavy atom. The molecule has 0 heterocycles. The Balaban J connectivity index is 0.000000253. The Bertz CT molecular complexity index is 1510. The van der Waals surface area contributed by atoms with Crippen LogP contribution in [0.15, 0.2) is 121 Å². The van der Waals surface area contributed by atoms with Gasteiger partial charge in [0.25, 0.3) is 0 Å². The van der Waals surface area contributed by atoms with Crippen molar-refractivity contribution in [3.8, 4) is 0 Å². The van der Waals surface area contributed by atoms with Gasteiger partial charge in [-0.1, -0.05) is 76.9 Å². The number of allylic oxidation sites excluding steroid dienone is 4. The Hall–Kier alpha value is -2.09. The number of fused-ring (bicyclic) bond motifs is 3. The summed E-state index contributed by atoms with van der Waals surface area (Å²) in [5.74, 6) is 0. The van der Waals surface area contributed by atoms with Crippen LogP contribution in [0.25, 0.3) is 21.5 Å². The van der Waals surface area contributed by atoms with Gasteiger partial charge in [-0.25, -0.2) is 12.2 Å². The third-order valence-electron chi connectivity index (χ3n) is 7.15. The summed E-state index contributed by atoms with van der Waals surface area (Å²) in [5.41, 5.74) is 2.75. The number of rotatable bonds is 2. The first-order chi connectivity index (χ1) is 19.0. The van der Waals surface area contributed by atoms with Gasteiger partial charge in [0.2, 0.25) is 0 Å². The van der Waals surface area contributed by atoms with Gasteiger partial charge in [-0.2, -0.15) is 6.08 Å². The maximum atomic E-state index is 2.99. The van der Waals surface area contributed by atoms with E-state index in [0.29, 0.717) is 0 Å². The minimum atomic E-state index is -0.455. The summed E-state index contributed by atoms with van der Waals surface area (Å²) >= 11 is 1.64. The zero-order valence-corrected chi connectivity index (χ0v) is 30.7. The average molecular weight is 689 g/mol. The number of hydrogen-bond donors (Lipinski definition) is 0. The van der Waals surface area contributed by atoms with E-state index in [1.165, 1.54) is 43.0 Å². The van der Waals surface area contributed by atoms with Crippen LogP contribution < -0.4 is 10.4 Å². The molecule has 1 aliphatic rings. The normalized spacial score (nSPS) is 12.0. The van der Waals surface area contributed by atoms with E-state index in [2.05, 4.69) is 157 Å². The Kier molecular flexibility index (Phi) is 13.9. The summed E-state index contributed by atoms with van der Waals surface area (Å²) < 4.78 is 0. The Morgan fingerprint density at radius 2 is 1.07 bits per heavy atom. The molecule has 0 aliphatic heterocycles. The van der Waals surface area contributed by atoms with Gasteiger partial charge in [-0.15, -0.1) is 71.0 Å². The molecule has 0 aromatic heterocycles. The van der Waals surface area contributed by atoms with Crippen LogP contribution >= 0.6 is 24.8 Å². The first kappa shape index (κ1) is 36.1. The molecule has 0 saturated carbocycles. The van der Waals surface area contributed by atoms with E-state index in [1.807, 2.05) is 12.2 Å². The van der Waals surface area contributed by atoms with E-state index in [4.69, 9.17) is 0 Å². The van der Waals surface area contributed by atoms with Crippen molar-refractivity contribution in [3.05, 3.63) is 139 Å². The molecule has 0 nitrogen and oxygen atoms in total. The topological polar surface area (TPSA) is 0 Å². The molecular formula is C38H42Cl2SiZr. The fourth-order valence-electron chi connectivity index (χ4n) is 4.65. The van der Waals surface area contributed by atoms with Gasteiger partial charge in [0.15, 0.2) is 0 Å². The molecule has 5 aromatic rings. The number of benzene rings is 4. The molecule has 5 aromatic carbocycles. The van der Waals surface area contributed by atoms with Crippen molar-refractivity contribution in [1.29, 1.82) is 0 Å².